The maximum absolute atomic E-state index is 4.43. The first kappa shape index (κ1) is 12.3. The summed E-state index contributed by atoms with van der Waals surface area (Å²) < 4.78 is 1.88. The van der Waals surface area contributed by atoms with Gasteiger partial charge in [0, 0.05) is 0 Å². The molecule has 17 heavy (non-hydrogen) atoms. The predicted molar refractivity (Wildman–Crippen MR) is 70.0 cm³/mol. The molecule has 0 bridgehead atoms. The lowest BCUT2D eigenvalue weighted by molar-refractivity contribution is 0.539. The Labute approximate surface area is 106 Å². The van der Waals surface area contributed by atoms with Gasteiger partial charge in [-0.15, -0.1) is 0 Å². The van der Waals surface area contributed by atoms with Crippen LogP contribution >= 0.6 is 11.3 Å². The van der Waals surface area contributed by atoms with Crippen molar-refractivity contribution in [2.24, 2.45) is 5.92 Å². The Morgan fingerprint density at radius 1 is 1.47 bits per heavy atom. The standard InChI is InChI=1S/C12H18N4S/c1-10(2)5-13-6-12-14-9-16(15-12)7-11-3-4-17-8-11/h3-4,8-10,13H,5-7H2,1-2H3. The predicted octanol–water partition coefficient (Wildman–Crippen LogP) is 2.13. The third-order valence-electron chi connectivity index (χ3n) is 2.34. The van der Waals surface area contributed by atoms with Gasteiger partial charge in [0.25, 0.3) is 0 Å². The van der Waals surface area contributed by atoms with Crippen LogP contribution < -0.4 is 5.32 Å². The van der Waals surface area contributed by atoms with Crippen LogP contribution in [0.5, 0.6) is 0 Å². The number of thiophene rings is 1. The molecule has 2 aromatic rings. The minimum atomic E-state index is 0.655. The molecule has 0 fully saturated rings. The molecule has 0 spiro atoms. The van der Waals surface area contributed by atoms with Crippen LogP contribution in [-0.2, 0) is 13.1 Å². The number of hydrogen-bond acceptors (Lipinski definition) is 4. The topological polar surface area (TPSA) is 42.7 Å². The number of aromatic nitrogens is 3. The fourth-order valence-electron chi connectivity index (χ4n) is 1.53. The Hall–Kier alpha value is -1.20. The van der Waals surface area contributed by atoms with Crippen molar-refractivity contribution in [2.45, 2.75) is 26.9 Å². The Balaban J connectivity index is 1.83. The highest BCUT2D eigenvalue weighted by atomic mass is 32.1. The van der Waals surface area contributed by atoms with E-state index in [0.29, 0.717) is 5.92 Å². The molecular formula is C12H18N4S. The highest BCUT2D eigenvalue weighted by Gasteiger charge is 2.02. The molecule has 0 radical (unpaired) electrons. The van der Waals surface area contributed by atoms with Crippen molar-refractivity contribution in [3.8, 4) is 0 Å². The Morgan fingerprint density at radius 2 is 2.35 bits per heavy atom. The normalized spacial score (nSPS) is 11.2. The van der Waals surface area contributed by atoms with Crippen molar-refractivity contribution < 1.29 is 0 Å². The van der Waals surface area contributed by atoms with E-state index < -0.39 is 0 Å². The second kappa shape index (κ2) is 5.93. The Morgan fingerprint density at radius 3 is 3.06 bits per heavy atom. The largest absolute Gasteiger partial charge is 0.310 e. The summed E-state index contributed by atoms with van der Waals surface area (Å²) in [6.45, 7) is 6.93. The van der Waals surface area contributed by atoms with Crippen LogP contribution in [0.3, 0.4) is 0 Å². The van der Waals surface area contributed by atoms with Gasteiger partial charge in [0.05, 0.1) is 13.1 Å². The second-order valence-corrected chi connectivity index (χ2v) is 5.29. The van der Waals surface area contributed by atoms with Crippen LogP contribution in [-0.4, -0.2) is 21.3 Å². The van der Waals surface area contributed by atoms with Crippen LogP contribution in [0.4, 0.5) is 0 Å². The summed E-state index contributed by atoms with van der Waals surface area (Å²) in [6, 6.07) is 2.11. The molecule has 1 N–H and O–H groups in total. The van der Waals surface area contributed by atoms with E-state index in [4.69, 9.17) is 0 Å². The van der Waals surface area contributed by atoms with Crippen LogP contribution in [0.25, 0.3) is 0 Å². The molecule has 2 heterocycles. The second-order valence-electron chi connectivity index (χ2n) is 4.51. The molecule has 2 rings (SSSR count). The van der Waals surface area contributed by atoms with E-state index in [0.717, 1.165) is 25.5 Å². The summed E-state index contributed by atoms with van der Waals surface area (Å²) in [6.07, 6.45) is 1.80. The van der Waals surface area contributed by atoms with Gasteiger partial charge >= 0.3 is 0 Å². The summed E-state index contributed by atoms with van der Waals surface area (Å²) in [5, 5.41) is 12.0. The Kier molecular flexibility index (Phi) is 4.28. The smallest absolute Gasteiger partial charge is 0.164 e. The summed E-state index contributed by atoms with van der Waals surface area (Å²) in [4.78, 5) is 4.29. The Bertz CT molecular complexity index is 433. The molecule has 0 aliphatic heterocycles. The number of rotatable bonds is 6. The third kappa shape index (κ3) is 3.94. The average molecular weight is 250 g/mol. The van der Waals surface area contributed by atoms with E-state index in [1.54, 1.807) is 17.7 Å². The van der Waals surface area contributed by atoms with Crippen molar-refractivity contribution in [1.29, 1.82) is 0 Å². The third-order valence-corrected chi connectivity index (χ3v) is 3.08. The maximum Gasteiger partial charge on any atom is 0.164 e. The lowest BCUT2D eigenvalue weighted by atomic mass is 10.2. The van der Waals surface area contributed by atoms with E-state index in [1.165, 1.54) is 5.56 Å². The minimum absolute atomic E-state index is 0.655. The van der Waals surface area contributed by atoms with E-state index >= 15 is 0 Å². The van der Waals surface area contributed by atoms with Gasteiger partial charge in [0.15, 0.2) is 5.82 Å². The zero-order valence-electron chi connectivity index (χ0n) is 10.3. The van der Waals surface area contributed by atoms with Gasteiger partial charge in [-0.25, -0.2) is 9.67 Å². The number of nitrogens with zero attached hydrogens (tertiary/aromatic N) is 3. The number of hydrogen-bond donors (Lipinski definition) is 1. The molecular weight excluding hydrogens is 232 g/mol. The summed E-state index contributed by atoms with van der Waals surface area (Å²) in [5.41, 5.74) is 1.28. The molecule has 4 nitrogen and oxygen atoms in total. The van der Waals surface area contributed by atoms with E-state index in [-0.39, 0.29) is 0 Å². The molecule has 0 aromatic carbocycles. The van der Waals surface area contributed by atoms with Gasteiger partial charge in [0.1, 0.15) is 6.33 Å². The summed E-state index contributed by atoms with van der Waals surface area (Å²) >= 11 is 1.71. The van der Waals surface area contributed by atoms with Crippen molar-refractivity contribution >= 4 is 11.3 Å². The molecule has 5 heteroatoms. The molecule has 0 unspecified atom stereocenters. The average Bonchev–Trinajstić information content (AvgIpc) is 2.90. The van der Waals surface area contributed by atoms with Gasteiger partial charge < -0.3 is 5.32 Å². The first-order valence-corrected chi connectivity index (χ1v) is 6.78. The van der Waals surface area contributed by atoms with E-state index in [9.17, 15) is 0 Å². The van der Waals surface area contributed by atoms with E-state index in [2.05, 4.69) is 46.1 Å². The molecule has 92 valence electrons. The first-order valence-electron chi connectivity index (χ1n) is 5.84. The van der Waals surface area contributed by atoms with E-state index in [1.807, 2.05) is 4.68 Å². The fraction of sp³-hybridized carbons (Fsp3) is 0.500. The lowest BCUT2D eigenvalue weighted by Gasteiger charge is -2.04. The van der Waals surface area contributed by atoms with Gasteiger partial charge in [-0.3, -0.25) is 0 Å². The van der Waals surface area contributed by atoms with Crippen molar-refractivity contribution in [1.82, 2.24) is 20.1 Å². The van der Waals surface area contributed by atoms with Crippen molar-refractivity contribution in [3.63, 3.8) is 0 Å². The van der Waals surface area contributed by atoms with Gasteiger partial charge in [0.2, 0.25) is 0 Å². The maximum atomic E-state index is 4.43. The molecule has 0 aliphatic carbocycles. The first-order chi connectivity index (χ1) is 8.24. The van der Waals surface area contributed by atoms with Crippen LogP contribution in [0.1, 0.15) is 25.2 Å². The molecule has 0 saturated carbocycles. The zero-order chi connectivity index (χ0) is 12.1. The molecule has 0 saturated heterocycles. The van der Waals surface area contributed by atoms with Gasteiger partial charge in [-0.05, 0) is 34.9 Å². The zero-order valence-corrected chi connectivity index (χ0v) is 11.1. The lowest BCUT2D eigenvalue weighted by Crippen LogP contribution is -2.19. The summed E-state index contributed by atoms with van der Waals surface area (Å²) in [7, 11) is 0. The minimum Gasteiger partial charge on any atom is -0.310 e. The van der Waals surface area contributed by atoms with Gasteiger partial charge in [-0.1, -0.05) is 13.8 Å². The molecule has 0 amide bonds. The fourth-order valence-corrected chi connectivity index (χ4v) is 2.19. The molecule has 0 atom stereocenters. The SMILES string of the molecule is CC(C)CNCc1ncn(Cc2ccsc2)n1. The van der Waals surface area contributed by atoms with Crippen LogP contribution in [0.2, 0.25) is 0 Å². The monoisotopic (exact) mass is 250 g/mol. The number of nitrogens with one attached hydrogen (secondary N) is 1. The van der Waals surface area contributed by atoms with Crippen LogP contribution in [0.15, 0.2) is 23.2 Å². The quantitative estimate of drug-likeness (QED) is 0.854. The van der Waals surface area contributed by atoms with Crippen molar-refractivity contribution in [2.75, 3.05) is 6.54 Å². The molecule has 0 aliphatic rings. The summed E-state index contributed by atoms with van der Waals surface area (Å²) in [5.74, 6) is 1.52. The van der Waals surface area contributed by atoms with Gasteiger partial charge in [-0.2, -0.15) is 16.4 Å². The van der Waals surface area contributed by atoms with Crippen LogP contribution in [0, 0.1) is 5.92 Å². The molecule has 2 aromatic heterocycles. The van der Waals surface area contributed by atoms with Crippen molar-refractivity contribution in [3.05, 3.63) is 34.5 Å². The highest BCUT2D eigenvalue weighted by molar-refractivity contribution is 7.07. The highest BCUT2D eigenvalue weighted by Crippen LogP contribution is 2.07.